The lowest BCUT2D eigenvalue weighted by atomic mass is 9.92. The van der Waals surface area contributed by atoms with E-state index in [2.05, 4.69) is 33.9 Å². The number of hydrogen-bond acceptors (Lipinski definition) is 3. The van der Waals surface area contributed by atoms with Gasteiger partial charge in [-0.2, -0.15) is 0 Å². The van der Waals surface area contributed by atoms with Crippen LogP contribution in [0.15, 0.2) is 47.4 Å². The molecule has 2 aromatic carbocycles. The molecule has 0 amide bonds. The highest BCUT2D eigenvalue weighted by molar-refractivity contribution is 7.89. The van der Waals surface area contributed by atoms with Gasteiger partial charge >= 0.3 is 0 Å². The highest BCUT2D eigenvalue weighted by Gasteiger charge is 2.17. The van der Waals surface area contributed by atoms with Crippen LogP contribution >= 0.6 is 0 Å². The van der Waals surface area contributed by atoms with Gasteiger partial charge in [0, 0.05) is 25.3 Å². The minimum Gasteiger partial charge on any atom is -0.372 e. The second kappa shape index (κ2) is 8.66. The molecule has 4 nitrogen and oxygen atoms in total. The van der Waals surface area contributed by atoms with Crippen LogP contribution in [0.4, 0.5) is 5.69 Å². The number of aryl methyl sites for hydroxylation is 3. The molecule has 0 bridgehead atoms. The molecule has 1 N–H and O–H groups in total. The summed E-state index contributed by atoms with van der Waals surface area (Å²) in [6.07, 6.45) is 8.67. The Morgan fingerprint density at radius 3 is 2.32 bits per heavy atom. The molecule has 28 heavy (non-hydrogen) atoms. The summed E-state index contributed by atoms with van der Waals surface area (Å²) in [7, 11) is -3.42. The second-order valence-corrected chi connectivity index (χ2v) is 9.77. The first-order valence-electron chi connectivity index (χ1n) is 10.6. The topological polar surface area (TPSA) is 49.4 Å². The maximum absolute atomic E-state index is 12.6. The van der Waals surface area contributed by atoms with Gasteiger partial charge in [0.1, 0.15) is 0 Å². The van der Waals surface area contributed by atoms with Crippen molar-refractivity contribution in [3.05, 3.63) is 59.2 Å². The molecule has 1 aliphatic carbocycles. The third-order valence-electron chi connectivity index (χ3n) is 5.97. The molecule has 0 spiro atoms. The molecule has 0 unspecified atom stereocenters. The summed E-state index contributed by atoms with van der Waals surface area (Å²) in [5, 5.41) is 0. The van der Waals surface area contributed by atoms with E-state index < -0.39 is 10.0 Å². The van der Waals surface area contributed by atoms with E-state index in [1.54, 1.807) is 6.07 Å². The van der Waals surface area contributed by atoms with E-state index in [1.165, 1.54) is 41.6 Å². The monoisotopic (exact) mass is 398 g/mol. The summed E-state index contributed by atoms with van der Waals surface area (Å²) >= 11 is 0. The Morgan fingerprint density at radius 2 is 1.57 bits per heavy atom. The van der Waals surface area contributed by atoms with E-state index in [1.807, 2.05) is 12.1 Å². The minimum absolute atomic E-state index is 0.406. The van der Waals surface area contributed by atoms with E-state index >= 15 is 0 Å². The predicted molar refractivity (Wildman–Crippen MR) is 114 cm³/mol. The second-order valence-electron chi connectivity index (χ2n) is 8.00. The van der Waals surface area contributed by atoms with Gasteiger partial charge in [0.05, 0.1) is 4.90 Å². The smallest absolute Gasteiger partial charge is 0.240 e. The number of nitrogens with zero attached hydrogens (tertiary/aromatic N) is 1. The fraction of sp³-hybridized carbons (Fsp3) is 0.478. The molecule has 2 aromatic rings. The Kier molecular flexibility index (Phi) is 6.02. The quantitative estimate of drug-likeness (QED) is 0.715. The zero-order valence-corrected chi connectivity index (χ0v) is 17.3. The van der Waals surface area contributed by atoms with Crippen molar-refractivity contribution in [3.63, 3.8) is 0 Å². The van der Waals surface area contributed by atoms with Gasteiger partial charge in [0.25, 0.3) is 0 Å². The first-order valence-corrected chi connectivity index (χ1v) is 12.1. The summed E-state index contributed by atoms with van der Waals surface area (Å²) in [5.41, 5.74) is 5.07. The summed E-state index contributed by atoms with van der Waals surface area (Å²) in [4.78, 5) is 2.83. The number of rotatable bonds is 7. The van der Waals surface area contributed by atoms with Crippen molar-refractivity contribution in [1.29, 1.82) is 0 Å². The van der Waals surface area contributed by atoms with E-state index in [9.17, 15) is 8.42 Å². The molecule has 1 aliphatic heterocycles. The van der Waals surface area contributed by atoms with Gasteiger partial charge in [-0.05, 0) is 92.3 Å². The Balaban J connectivity index is 1.28. The standard InChI is InChI=1S/C23H30N2O2S/c26-28(27,23-14-11-20-7-1-2-8-21(20)18-23)24-15-5-6-19-9-12-22(13-10-19)25-16-3-4-17-25/h9-14,18,24H,1-8,15-17H2. The fourth-order valence-electron chi connectivity index (χ4n) is 4.31. The summed E-state index contributed by atoms with van der Waals surface area (Å²) < 4.78 is 28.0. The zero-order chi connectivity index (χ0) is 19.4. The molecule has 0 radical (unpaired) electrons. The lowest BCUT2D eigenvalue weighted by Gasteiger charge is -2.17. The summed E-state index contributed by atoms with van der Waals surface area (Å²) in [5.74, 6) is 0. The molecule has 5 heteroatoms. The van der Waals surface area contributed by atoms with E-state index in [4.69, 9.17) is 0 Å². The number of fused-ring (bicyclic) bond motifs is 1. The Hall–Kier alpha value is -1.85. The average molecular weight is 399 g/mol. The lowest BCUT2D eigenvalue weighted by Crippen LogP contribution is -2.25. The van der Waals surface area contributed by atoms with Gasteiger partial charge in [-0.1, -0.05) is 18.2 Å². The van der Waals surface area contributed by atoms with E-state index in [-0.39, 0.29) is 0 Å². The van der Waals surface area contributed by atoms with Crippen molar-refractivity contribution < 1.29 is 8.42 Å². The maximum Gasteiger partial charge on any atom is 0.240 e. The summed E-state index contributed by atoms with van der Waals surface area (Å²) in [6, 6.07) is 14.3. The van der Waals surface area contributed by atoms with Crippen molar-refractivity contribution in [2.24, 2.45) is 0 Å². The fourth-order valence-corrected chi connectivity index (χ4v) is 5.43. The van der Waals surface area contributed by atoms with Crippen LogP contribution < -0.4 is 9.62 Å². The Bertz CT molecular complexity index is 901. The van der Waals surface area contributed by atoms with Crippen molar-refractivity contribution in [2.45, 2.75) is 56.3 Å². The molecule has 0 aromatic heterocycles. The van der Waals surface area contributed by atoms with Gasteiger partial charge in [0.2, 0.25) is 10.0 Å². The lowest BCUT2D eigenvalue weighted by molar-refractivity contribution is 0.578. The highest BCUT2D eigenvalue weighted by atomic mass is 32.2. The predicted octanol–water partition coefficient (Wildman–Crippen LogP) is 4.08. The van der Waals surface area contributed by atoms with E-state index in [0.29, 0.717) is 11.4 Å². The van der Waals surface area contributed by atoms with Gasteiger partial charge < -0.3 is 4.90 Å². The molecule has 1 heterocycles. The van der Waals surface area contributed by atoms with Gasteiger partial charge in [-0.3, -0.25) is 0 Å². The van der Waals surface area contributed by atoms with E-state index in [0.717, 1.165) is 45.2 Å². The third kappa shape index (κ3) is 4.58. The Morgan fingerprint density at radius 1 is 0.857 bits per heavy atom. The van der Waals surface area contributed by atoms with Crippen LogP contribution in [0.3, 0.4) is 0 Å². The van der Waals surface area contributed by atoms with Crippen LogP contribution in [0.25, 0.3) is 0 Å². The van der Waals surface area contributed by atoms with Crippen molar-refractivity contribution >= 4 is 15.7 Å². The minimum atomic E-state index is -3.42. The molecule has 2 aliphatic rings. The van der Waals surface area contributed by atoms with Crippen LogP contribution in [0, 0.1) is 0 Å². The van der Waals surface area contributed by atoms with Crippen LogP contribution in [0.1, 0.15) is 48.8 Å². The first kappa shape index (κ1) is 19.5. The SMILES string of the molecule is O=S(=O)(NCCCc1ccc(N2CCCC2)cc1)c1ccc2c(c1)CCCC2. The molecular weight excluding hydrogens is 368 g/mol. The number of sulfonamides is 1. The molecule has 0 atom stereocenters. The van der Waals surface area contributed by atoms with Gasteiger partial charge in [-0.25, -0.2) is 13.1 Å². The molecule has 1 fully saturated rings. The van der Waals surface area contributed by atoms with Crippen molar-refractivity contribution in [1.82, 2.24) is 4.72 Å². The number of hydrogen-bond donors (Lipinski definition) is 1. The molecule has 1 saturated heterocycles. The Labute approximate surface area is 169 Å². The number of nitrogens with one attached hydrogen (secondary N) is 1. The largest absolute Gasteiger partial charge is 0.372 e. The van der Waals surface area contributed by atoms with Crippen LogP contribution in [-0.2, 0) is 29.3 Å². The van der Waals surface area contributed by atoms with Crippen molar-refractivity contribution in [3.8, 4) is 0 Å². The van der Waals surface area contributed by atoms with Crippen LogP contribution in [0.2, 0.25) is 0 Å². The van der Waals surface area contributed by atoms with Crippen molar-refractivity contribution in [2.75, 3.05) is 24.5 Å². The maximum atomic E-state index is 12.6. The summed E-state index contributed by atoms with van der Waals surface area (Å²) in [6.45, 7) is 2.78. The molecule has 150 valence electrons. The number of anilines is 1. The molecule has 4 rings (SSSR count). The molecular formula is C23H30N2O2S. The average Bonchev–Trinajstić information content (AvgIpc) is 3.26. The third-order valence-corrected chi connectivity index (χ3v) is 7.43. The zero-order valence-electron chi connectivity index (χ0n) is 16.5. The highest BCUT2D eigenvalue weighted by Crippen LogP contribution is 2.24. The van der Waals surface area contributed by atoms with Crippen LogP contribution in [-0.4, -0.2) is 28.1 Å². The first-order chi connectivity index (χ1) is 13.6. The normalized spacial score (nSPS) is 16.9. The van der Waals surface area contributed by atoms with Crippen LogP contribution in [0.5, 0.6) is 0 Å². The van der Waals surface area contributed by atoms with Gasteiger partial charge in [0.15, 0.2) is 0 Å². The molecule has 0 saturated carbocycles. The van der Waals surface area contributed by atoms with Gasteiger partial charge in [-0.15, -0.1) is 0 Å². The number of benzene rings is 2.